The number of methoxy groups -OCH3 is 2. The van der Waals surface area contributed by atoms with Gasteiger partial charge in [-0.3, -0.25) is 0 Å². The van der Waals surface area contributed by atoms with Gasteiger partial charge in [0.2, 0.25) is 11.5 Å². The van der Waals surface area contributed by atoms with Gasteiger partial charge in [-0.05, 0) is 24.3 Å². The highest BCUT2D eigenvalue weighted by molar-refractivity contribution is 5.86. The lowest BCUT2D eigenvalue weighted by Crippen LogP contribution is -3.27. The Bertz CT molecular complexity index is 693. The fraction of sp³-hybridized carbons (Fsp3) is 0.444. The molecule has 1 saturated heterocycles. The zero-order chi connectivity index (χ0) is 18.5. The van der Waals surface area contributed by atoms with Gasteiger partial charge in [0.15, 0.2) is 11.5 Å². The van der Waals surface area contributed by atoms with Gasteiger partial charge in [0.25, 0.3) is 0 Å². The molecule has 1 aliphatic rings. The van der Waals surface area contributed by atoms with Crippen LogP contribution in [0.2, 0.25) is 0 Å². The molecular formula is C18H24N2O6+2. The van der Waals surface area contributed by atoms with Gasteiger partial charge in [0.1, 0.15) is 39.3 Å². The van der Waals surface area contributed by atoms with Crippen molar-refractivity contribution in [3.05, 3.63) is 47.3 Å². The number of rotatable bonds is 6. The van der Waals surface area contributed by atoms with E-state index in [1.54, 1.807) is 12.1 Å². The highest BCUT2D eigenvalue weighted by Crippen LogP contribution is 2.09. The predicted octanol–water partition coefficient (Wildman–Crippen LogP) is -1.07. The summed E-state index contributed by atoms with van der Waals surface area (Å²) in [6.45, 7) is 5.47. The lowest BCUT2D eigenvalue weighted by atomic mass is 10.3. The van der Waals surface area contributed by atoms with E-state index in [4.69, 9.17) is 8.83 Å². The van der Waals surface area contributed by atoms with E-state index in [9.17, 15) is 9.59 Å². The molecule has 8 heteroatoms. The van der Waals surface area contributed by atoms with Gasteiger partial charge in [-0.1, -0.05) is 0 Å². The molecule has 3 rings (SSSR count). The molecule has 8 nitrogen and oxygen atoms in total. The van der Waals surface area contributed by atoms with Crippen molar-refractivity contribution >= 4 is 11.9 Å². The highest BCUT2D eigenvalue weighted by atomic mass is 16.5. The number of hydrogen-bond acceptors (Lipinski definition) is 6. The van der Waals surface area contributed by atoms with Crippen molar-refractivity contribution < 1.29 is 37.7 Å². The van der Waals surface area contributed by atoms with Gasteiger partial charge in [0, 0.05) is 0 Å². The molecule has 1 fully saturated rings. The Morgan fingerprint density at radius 1 is 0.808 bits per heavy atom. The molecule has 0 unspecified atom stereocenters. The van der Waals surface area contributed by atoms with Gasteiger partial charge >= 0.3 is 11.9 Å². The van der Waals surface area contributed by atoms with E-state index in [2.05, 4.69) is 9.47 Å². The average molecular weight is 364 g/mol. The maximum Gasteiger partial charge on any atom is 0.373 e. The van der Waals surface area contributed by atoms with Gasteiger partial charge in [-0.2, -0.15) is 0 Å². The molecule has 26 heavy (non-hydrogen) atoms. The summed E-state index contributed by atoms with van der Waals surface area (Å²) in [4.78, 5) is 25.7. The fourth-order valence-corrected chi connectivity index (χ4v) is 3.17. The summed E-state index contributed by atoms with van der Waals surface area (Å²) in [6, 6.07) is 6.96. The molecule has 1 aliphatic heterocycles. The van der Waals surface area contributed by atoms with Crippen molar-refractivity contribution in [1.82, 2.24) is 0 Å². The van der Waals surface area contributed by atoms with Crippen LogP contribution >= 0.6 is 0 Å². The smallest absolute Gasteiger partial charge is 0.373 e. The quantitative estimate of drug-likeness (QED) is 0.635. The van der Waals surface area contributed by atoms with Gasteiger partial charge < -0.3 is 28.1 Å². The van der Waals surface area contributed by atoms with Gasteiger partial charge in [-0.15, -0.1) is 0 Å². The number of esters is 2. The number of nitrogens with one attached hydrogen (secondary N) is 2. The van der Waals surface area contributed by atoms with E-state index in [-0.39, 0.29) is 11.5 Å². The van der Waals surface area contributed by atoms with Crippen LogP contribution in [-0.4, -0.2) is 52.3 Å². The van der Waals surface area contributed by atoms with Crippen molar-refractivity contribution in [1.29, 1.82) is 0 Å². The molecule has 0 spiro atoms. The zero-order valence-corrected chi connectivity index (χ0v) is 15.0. The summed E-state index contributed by atoms with van der Waals surface area (Å²) in [5.74, 6) is 1.15. The van der Waals surface area contributed by atoms with Crippen molar-refractivity contribution in [3.63, 3.8) is 0 Å². The first-order valence-electron chi connectivity index (χ1n) is 8.60. The Morgan fingerprint density at radius 3 is 1.54 bits per heavy atom. The molecule has 0 aromatic carbocycles. The maximum atomic E-state index is 11.4. The van der Waals surface area contributed by atoms with Crippen LogP contribution in [-0.2, 0) is 22.6 Å². The first kappa shape index (κ1) is 18.2. The van der Waals surface area contributed by atoms with E-state index >= 15 is 0 Å². The van der Waals surface area contributed by atoms with Crippen LogP contribution in [0, 0.1) is 0 Å². The number of quaternary nitrogens is 2. The van der Waals surface area contributed by atoms with Crippen LogP contribution in [0.5, 0.6) is 0 Å². The molecule has 0 amide bonds. The Kier molecular flexibility index (Phi) is 5.75. The predicted molar refractivity (Wildman–Crippen MR) is 88.9 cm³/mol. The lowest BCUT2D eigenvalue weighted by molar-refractivity contribution is -1.03. The van der Waals surface area contributed by atoms with Crippen molar-refractivity contribution in [2.75, 3.05) is 40.4 Å². The number of hydrogen-bond donors (Lipinski definition) is 2. The second-order valence-corrected chi connectivity index (χ2v) is 6.37. The topological polar surface area (TPSA) is 87.8 Å². The van der Waals surface area contributed by atoms with Crippen LogP contribution in [0.25, 0.3) is 0 Å². The molecule has 0 aliphatic carbocycles. The van der Waals surface area contributed by atoms with Crippen LogP contribution < -0.4 is 9.80 Å². The van der Waals surface area contributed by atoms with Crippen LogP contribution in [0.3, 0.4) is 0 Å². The third-order valence-electron chi connectivity index (χ3n) is 4.61. The molecule has 2 aromatic heterocycles. The van der Waals surface area contributed by atoms with Crippen LogP contribution in [0.15, 0.2) is 33.1 Å². The average Bonchev–Trinajstić information content (AvgIpc) is 3.32. The van der Waals surface area contributed by atoms with Crippen molar-refractivity contribution in [2.45, 2.75) is 13.1 Å². The fourth-order valence-electron chi connectivity index (χ4n) is 3.17. The highest BCUT2D eigenvalue weighted by Gasteiger charge is 2.25. The number of furan rings is 2. The SMILES string of the molecule is COC(=O)c1ccc(C[NH+]2CC[NH+](Cc3ccc(C(=O)OC)o3)CC2)o1. The first-order chi connectivity index (χ1) is 12.6. The minimum atomic E-state index is -0.453. The van der Waals surface area contributed by atoms with Gasteiger partial charge in [-0.25, -0.2) is 9.59 Å². The van der Waals surface area contributed by atoms with E-state index in [1.807, 2.05) is 12.1 Å². The zero-order valence-electron chi connectivity index (χ0n) is 15.0. The molecule has 2 aromatic rings. The number of piperazine rings is 1. The Balaban J connectivity index is 1.47. The minimum Gasteiger partial charge on any atom is -0.463 e. The molecular weight excluding hydrogens is 340 g/mol. The third-order valence-corrected chi connectivity index (χ3v) is 4.61. The van der Waals surface area contributed by atoms with Crippen molar-refractivity contribution in [2.24, 2.45) is 0 Å². The second-order valence-electron chi connectivity index (χ2n) is 6.37. The largest absolute Gasteiger partial charge is 0.463 e. The molecule has 140 valence electrons. The number of ether oxygens (including phenoxy) is 2. The second kappa shape index (κ2) is 8.20. The summed E-state index contributed by atoms with van der Waals surface area (Å²) < 4.78 is 20.4. The third kappa shape index (κ3) is 4.33. The van der Waals surface area contributed by atoms with E-state index in [0.29, 0.717) is 0 Å². The summed E-state index contributed by atoms with van der Waals surface area (Å²) in [7, 11) is 2.68. The minimum absolute atomic E-state index is 0.241. The number of carbonyl (C=O) groups is 2. The van der Waals surface area contributed by atoms with Gasteiger partial charge in [0.05, 0.1) is 14.2 Å². The maximum absolute atomic E-state index is 11.4. The Hall–Kier alpha value is -2.58. The van der Waals surface area contributed by atoms with E-state index < -0.39 is 11.9 Å². The van der Waals surface area contributed by atoms with Crippen molar-refractivity contribution in [3.8, 4) is 0 Å². The monoisotopic (exact) mass is 364 g/mol. The standard InChI is InChI=1S/C18H22N2O6/c1-23-17(21)15-5-3-13(25-15)11-19-7-9-20(10-8-19)12-14-4-6-16(26-14)18(22)24-2/h3-6H,7-12H2,1-2H3/p+2. The summed E-state index contributed by atoms with van der Waals surface area (Å²) in [5.41, 5.74) is 0. The van der Waals surface area contributed by atoms with E-state index in [1.165, 1.54) is 24.0 Å². The molecule has 0 saturated carbocycles. The first-order valence-corrected chi connectivity index (χ1v) is 8.60. The summed E-state index contributed by atoms with van der Waals surface area (Å²) in [5, 5.41) is 0. The molecule has 0 atom stereocenters. The summed E-state index contributed by atoms with van der Waals surface area (Å²) >= 11 is 0. The van der Waals surface area contributed by atoms with Crippen LogP contribution in [0.4, 0.5) is 0 Å². The molecule has 0 bridgehead atoms. The Morgan fingerprint density at radius 2 is 1.19 bits per heavy atom. The normalized spacial score (nSPS) is 19.9. The lowest BCUT2D eigenvalue weighted by Gasteiger charge is -2.28. The Labute approximate surface area is 151 Å². The number of carbonyl (C=O) groups excluding carboxylic acids is 2. The summed E-state index contributed by atoms with van der Waals surface area (Å²) in [6.07, 6.45) is 0. The molecule has 0 radical (unpaired) electrons. The van der Waals surface area contributed by atoms with E-state index in [0.717, 1.165) is 50.8 Å². The molecule has 2 N–H and O–H groups in total. The molecule has 3 heterocycles. The van der Waals surface area contributed by atoms with Crippen LogP contribution in [0.1, 0.15) is 32.6 Å².